The lowest BCUT2D eigenvalue weighted by molar-refractivity contribution is 0.203. The van der Waals surface area contributed by atoms with Crippen molar-refractivity contribution in [3.8, 4) is 0 Å². The van der Waals surface area contributed by atoms with Gasteiger partial charge < -0.3 is 20.5 Å². The normalized spacial score (nSPS) is 12.5. The molecule has 0 fully saturated rings. The number of ether oxygens (including phenoxy) is 1. The van der Waals surface area contributed by atoms with Gasteiger partial charge in [-0.15, -0.1) is 0 Å². The molecule has 3 N–H and O–H groups in total. The van der Waals surface area contributed by atoms with Crippen LogP contribution in [0.1, 0.15) is 18.5 Å². The van der Waals surface area contributed by atoms with Crippen molar-refractivity contribution in [2.24, 2.45) is 5.73 Å². The molecular formula is C13H21BrN2O2. The Morgan fingerprint density at radius 1 is 1.44 bits per heavy atom. The minimum absolute atomic E-state index is 0.0145. The van der Waals surface area contributed by atoms with Gasteiger partial charge in [0.2, 0.25) is 0 Å². The Balaban J connectivity index is 2.90. The number of nitrogens with two attached hydrogens (primary N) is 1. The second-order valence-corrected chi connectivity index (χ2v) is 5.06. The predicted molar refractivity (Wildman–Crippen MR) is 77.9 cm³/mol. The minimum Gasteiger partial charge on any atom is -0.395 e. The van der Waals surface area contributed by atoms with Crippen LogP contribution in [0.2, 0.25) is 0 Å². The zero-order chi connectivity index (χ0) is 13.5. The topological polar surface area (TPSA) is 58.7 Å². The molecule has 5 heteroatoms. The van der Waals surface area contributed by atoms with Crippen LogP contribution in [0.15, 0.2) is 22.7 Å². The summed E-state index contributed by atoms with van der Waals surface area (Å²) in [6, 6.07) is 6.08. The Morgan fingerprint density at radius 2 is 2.17 bits per heavy atom. The third-order valence-electron chi connectivity index (χ3n) is 2.77. The number of benzene rings is 1. The van der Waals surface area contributed by atoms with Gasteiger partial charge in [0.15, 0.2) is 0 Å². The van der Waals surface area contributed by atoms with Gasteiger partial charge in [-0.1, -0.05) is 6.07 Å². The molecule has 0 amide bonds. The minimum atomic E-state index is 0.0145. The Morgan fingerprint density at radius 3 is 2.67 bits per heavy atom. The maximum absolute atomic E-state index is 9.11. The number of methoxy groups -OCH3 is 1. The third kappa shape index (κ3) is 4.24. The summed E-state index contributed by atoms with van der Waals surface area (Å²) in [7, 11) is 1.67. The van der Waals surface area contributed by atoms with Gasteiger partial charge in [-0.3, -0.25) is 0 Å². The molecule has 4 nitrogen and oxygen atoms in total. The highest BCUT2D eigenvalue weighted by molar-refractivity contribution is 9.10. The van der Waals surface area contributed by atoms with Crippen LogP contribution in [0.4, 0.5) is 5.69 Å². The maximum Gasteiger partial charge on any atom is 0.0637 e. The maximum atomic E-state index is 9.11. The third-order valence-corrected chi connectivity index (χ3v) is 3.41. The molecule has 1 aromatic rings. The quantitative estimate of drug-likeness (QED) is 0.807. The number of aliphatic hydroxyl groups is 1. The molecule has 0 saturated heterocycles. The summed E-state index contributed by atoms with van der Waals surface area (Å²) in [4.78, 5) is 2.08. The standard InChI is InChI=1S/C13H21BrN2O2/c1-10(15)11-3-4-13(12(14)9-11)16(5-7-17)6-8-18-2/h3-4,9-10,17H,5-8,15H2,1-2H3/t10-/m1/s1. The van der Waals surface area contributed by atoms with E-state index in [2.05, 4.69) is 20.8 Å². The highest BCUT2D eigenvalue weighted by atomic mass is 79.9. The smallest absolute Gasteiger partial charge is 0.0637 e. The molecule has 0 radical (unpaired) electrons. The Hall–Kier alpha value is -0.620. The first-order valence-electron chi connectivity index (χ1n) is 6.00. The van der Waals surface area contributed by atoms with Gasteiger partial charge in [-0.25, -0.2) is 0 Å². The summed E-state index contributed by atoms with van der Waals surface area (Å²) in [5.74, 6) is 0. The molecule has 0 spiro atoms. The fourth-order valence-corrected chi connectivity index (χ4v) is 2.38. The first-order valence-corrected chi connectivity index (χ1v) is 6.79. The molecule has 1 aromatic carbocycles. The monoisotopic (exact) mass is 316 g/mol. The van der Waals surface area contributed by atoms with E-state index in [1.54, 1.807) is 7.11 Å². The molecule has 0 aliphatic carbocycles. The van der Waals surface area contributed by atoms with Crippen LogP contribution in [0, 0.1) is 0 Å². The highest BCUT2D eigenvalue weighted by Crippen LogP contribution is 2.28. The first kappa shape index (κ1) is 15.4. The molecule has 18 heavy (non-hydrogen) atoms. The molecule has 0 unspecified atom stereocenters. The van der Waals surface area contributed by atoms with Crippen LogP contribution in [0.25, 0.3) is 0 Å². The van der Waals surface area contributed by atoms with E-state index in [9.17, 15) is 0 Å². The summed E-state index contributed by atoms with van der Waals surface area (Å²) in [6.45, 7) is 4.03. The van der Waals surface area contributed by atoms with Crippen molar-refractivity contribution in [2.45, 2.75) is 13.0 Å². The molecule has 102 valence electrons. The predicted octanol–water partition coefficient (Wildman–Crippen LogP) is 1.91. The molecule has 0 bridgehead atoms. The van der Waals surface area contributed by atoms with Gasteiger partial charge in [-0.05, 0) is 40.5 Å². The van der Waals surface area contributed by atoms with Crippen molar-refractivity contribution >= 4 is 21.6 Å². The Kier molecular flexibility index (Phi) is 6.63. The van der Waals surface area contributed by atoms with Gasteiger partial charge >= 0.3 is 0 Å². The Bertz CT molecular complexity index is 372. The zero-order valence-electron chi connectivity index (χ0n) is 10.9. The molecular weight excluding hydrogens is 296 g/mol. The summed E-state index contributed by atoms with van der Waals surface area (Å²) in [5.41, 5.74) is 7.98. The lowest BCUT2D eigenvalue weighted by atomic mass is 10.1. The van der Waals surface area contributed by atoms with Crippen molar-refractivity contribution < 1.29 is 9.84 Å². The van der Waals surface area contributed by atoms with E-state index in [0.717, 1.165) is 22.3 Å². The van der Waals surface area contributed by atoms with Crippen LogP contribution >= 0.6 is 15.9 Å². The summed E-state index contributed by atoms with van der Waals surface area (Å²) in [6.07, 6.45) is 0. The zero-order valence-corrected chi connectivity index (χ0v) is 12.5. The molecule has 0 heterocycles. The average Bonchev–Trinajstić information content (AvgIpc) is 2.34. The number of rotatable bonds is 7. The van der Waals surface area contributed by atoms with E-state index in [1.807, 2.05) is 25.1 Å². The van der Waals surface area contributed by atoms with Crippen molar-refractivity contribution in [3.05, 3.63) is 28.2 Å². The van der Waals surface area contributed by atoms with E-state index in [1.165, 1.54) is 0 Å². The largest absolute Gasteiger partial charge is 0.395 e. The van der Waals surface area contributed by atoms with Gasteiger partial charge in [0, 0.05) is 30.7 Å². The van der Waals surface area contributed by atoms with Gasteiger partial charge in [0.25, 0.3) is 0 Å². The number of anilines is 1. The number of halogens is 1. The van der Waals surface area contributed by atoms with Crippen molar-refractivity contribution in [1.82, 2.24) is 0 Å². The Labute approximate surface area is 117 Å². The second kappa shape index (κ2) is 7.74. The van der Waals surface area contributed by atoms with E-state index in [-0.39, 0.29) is 12.6 Å². The fourth-order valence-electron chi connectivity index (χ4n) is 1.74. The van der Waals surface area contributed by atoms with Crippen LogP contribution < -0.4 is 10.6 Å². The second-order valence-electron chi connectivity index (χ2n) is 4.20. The number of aliphatic hydroxyl groups excluding tert-OH is 1. The molecule has 0 aliphatic heterocycles. The van der Waals surface area contributed by atoms with Gasteiger partial charge in [0.05, 0.1) is 18.9 Å². The summed E-state index contributed by atoms with van der Waals surface area (Å²) < 4.78 is 6.07. The van der Waals surface area contributed by atoms with Crippen molar-refractivity contribution in [1.29, 1.82) is 0 Å². The molecule has 0 aliphatic rings. The van der Waals surface area contributed by atoms with Crippen molar-refractivity contribution in [2.75, 3.05) is 38.3 Å². The van der Waals surface area contributed by atoms with Crippen LogP contribution in [-0.4, -0.2) is 38.5 Å². The lowest BCUT2D eigenvalue weighted by Crippen LogP contribution is -2.30. The molecule has 0 aromatic heterocycles. The average molecular weight is 317 g/mol. The SMILES string of the molecule is COCCN(CCO)c1ccc([C@@H](C)N)cc1Br. The molecule has 0 saturated carbocycles. The van der Waals surface area contributed by atoms with E-state index >= 15 is 0 Å². The number of hydrogen-bond donors (Lipinski definition) is 2. The molecule has 1 atom stereocenters. The fraction of sp³-hybridized carbons (Fsp3) is 0.538. The van der Waals surface area contributed by atoms with E-state index < -0.39 is 0 Å². The van der Waals surface area contributed by atoms with E-state index in [0.29, 0.717) is 13.2 Å². The van der Waals surface area contributed by atoms with Gasteiger partial charge in [-0.2, -0.15) is 0 Å². The number of nitrogens with zero attached hydrogens (tertiary/aromatic N) is 1. The van der Waals surface area contributed by atoms with Crippen LogP contribution in [-0.2, 0) is 4.74 Å². The van der Waals surface area contributed by atoms with Gasteiger partial charge in [0.1, 0.15) is 0 Å². The van der Waals surface area contributed by atoms with E-state index in [4.69, 9.17) is 15.6 Å². The molecule has 1 rings (SSSR count). The first-order chi connectivity index (χ1) is 8.60. The van der Waals surface area contributed by atoms with Crippen LogP contribution in [0.5, 0.6) is 0 Å². The van der Waals surface area contributed by atoms with Crippen LogP contribution in [0.3, 0.4) is 0 Å². The van der Waals surface area contributed by atoms with Crippen molar-refractivity contribution in [3.63, 3.8) is 0 Å². The lowest BCUT2D eigenvalue weighted by Gasteiger charge is -2.25. The summed E-state index contributed by atoms with van der Waals surface area (Å²) in [5, 5.41) is 9.11. The summed E-state index contributed by atoms with van der Waals surface area (Å²) >= 11 is 3.56. The number of hydrogen-bond acceptors (Lipinski definition) is 4. The highest BCUT2D eigenvalue weighted by Gasteiger charge is 2.11.